The van der Waals surface area contributed by atoms with Crippen LogP contribution in [-0.2, 0) is 13.5 Å². The molecular weight excluding hydrogens is 349 g/mol. The Bertz CT molecular complexity index is 898. The van der Waals surface area contributed by atoms with Crippen LogP contribution in [0.1, 0.15) is 50.9 Å². The van der Waals surface area contributed by atoms with Crippen molar-refractivity contribution >= 4 is 17.2 Å². The van der Waals surface area contributed by atoms with Gasteiger partial charge < -0.3 is 9.88 Å². The van der Waals surface area contributed by atoms with Gasteiger partial charge in [-0.2, -0.15) is 0 Å². The second-order valence-electron chi connectivity index (χ2n) is 6.30. The molecule has 0 spiro atoms. The molecule has 2 heterocycles. The molecule has 0 aliphatic heterocycles. The lowest BCUT2D eigenvalue weighted by atomic mass is 10.1. The van der Waals surface area contributed by atoms with Crippen LogP contribution < -0.4 is 5.32 Å². The zero-order chi connectivity index (χ0) is 18.7. The van der Waals surface area contributed by atoms with Crippen molar-refractivity contribution in [3.05, 3.63) is 75.2 Å². The number of aryl methyl sites for hydroxylation is 3. The highest BCUT2D eigenvalue weighted by Crippen LogP contribution is 2.25. The van der Waals surface area contributed by atoms with Crippen molar-refractivity contribution < 1.29 is 9.18 Å². The molecule has 0 fully saturated rings. The van der Waals surface area contributed by atoms with Crippen LogP contribution in [-0.4, -0.2) is 15.5 Å². The fourth-order valence-electron chi connectivity index (χ4n) is 2.96. The molecule has 3 aromatic rings. The van der Waals surface area contributed by atoms with Crippen molar-refractivity contribution in [3.63, 3.8) is 0 Å². The zero-order valence-electron chi connectivity index (χ0n) is 15.1. The van der Waals surface area contributed by atoms with Crippen molar-refractivity contribution in [2.75, 3.05) is 0 Å². The van der Waals surface area contributed by atoms with Gasteiger partial charge in [0.05, 0.1) is 4.88 Å². The molecule has 0 saturated carbocycles. The Morgan fingerprint density at radius 2 is 2.08 bits per heavy atom. The van der Waals surface area contributed by atoms with E-state index < -0.39 is 6.04 Å². The second-order valence-corrected chi connectivity index (χ2v) is 7.55. The Labute approximate surface area is 156 Å². The van der Waals surface area contributed by atoms with E-state index in [1.54, 1.807) is 18.3 Å². The topological polar surface area (TPSA) is 46.9 Å². The minimum absolute atomic E-state index is 0.141. The van der Waals surface area contributed by atoms with Gasteiger partial charge in [-0.05, 0) is 42.7 Å². The molecule has 0 aliphatic carbocycles. The van der Waals surface area contributed by atoms with E-state index in [0.29, 0.717) is 10.7 Å². The highest BCUT2D eigenvalue weighted by Gasteiger charge is 2.22. The number of nitrogens with one attached hydrogen (secondary N) is 1. The molecule has 26 heavy (non-hydrogen) atoms. The summed E-state index contributed by atoms with van der Waals surface area (Å²) < 4.78 is 15.2. The zero-order valence-corrected chi connectivity index (χ0v) is 15.9. The number of aromatic nitrogens is 2. The summed E-state index contributed by atoms with van der Waals surface area (Å²) >= 11 is 1.50. The molecule has 3 rings (SSSR count). The van der Waals surface area contributed by atoms with Gasteiger partial charge >= 0.3 is 0 Å². The Hall–Kier alpha value is -2.47. The standard InChI is InChI=1S/C20H22FN3OS/c1-4-5-15-12-17(26-13(15)2)20(25)23-18(19-22-10-11-24(19)3)14-6-8-16(21)9-7-14/h6-12,18H,4-5H2,1-3H3,(H,23,25). The van der Waals surface area contributed by atoms with E-state index in [4.69, 9.17) is 0 Å². The lowest BCUT2D eigenvalue weighted by Gasteiger charge is -2.19. The van der Waals surface area contributed by atoms with Crippen molar-refractivity contribution in [1.29, 1.82) is 0 Å². The number of thiophene rings is 1. The minimum Gasteiger partial charge on any atom is -0.337 e. The molecule has 0 bridgehead atoms. The van der Waals surface area contributed by atoms with Gasteiger partial charge in [0, 0.05) is 24.3 Å². The Kier molecular flexibility index (Phi) is 5.52. The van der Waals surface area contributed by atoms with Crippen molar-refractivity contribution in [1.82, 2.24) is 14.9 Å². The molecule has 6 heteroatoms. The lowest BCUT2D eigenvalue weighted by molar-refractivity contribution is 0.0945. The smallest absolute Gasteiger partial charge is 0.262 e. The number of nitrogens with zero attached hydrogens (tertiary/aromatic N) is 2. The number of imidazole rings is 1. The van der Waals surface area contributed by atoms with Gasteiger partial charge in [0.15, 0.2) is 0 Å². The molecule has 136 valence electrons. The monoisotopic (exact) mass is 371 g/mol. The predicted molar refractivity (Wildman–Crippen MR) is 102 cm³/mol. The van der Waals surface area contributed by atoms with Gasteiger partial charge in [-0.1, -0.05) is 25.5 Å². The van der Waals surface area contributed by atoms with E-state index in [9.17, 15) is 9.18 Å². The molecule has 0 aliphatic rings. The molecule has 0 radical (unpaired) electrons. The minimum atomic E-state index is -0.444. The maximum absolute atomic E-state index is 13.3. The van der Waals surface area contributed by atoms with E-state index in [0.717, 1.165) is 18.4 Å². The third-order valence-electron chi connectivity index (χ3n) is 4.36. The van der Waals surface area contributed by atoms with E-state index in [1.807, 2.05) is 30.8 Å². The summed E-state index contributed by atoms with van der Waals surface area (Å²) in [4.78, 5) is 19.1. The number of carbonyl (C=O) groups excluding carboxylic acids is 1. The number of benzene rings is 1. The summed E-state index contributed by atoms with van der Waals surface area (Å²) in [6, 6.07) is 7.67. The molecule has 2 aromatic heterocycles. The molecule has 1 N–H and O–H groups in total. The fraction of sp³-hybridized carbons (Fsp3) is 0.300. The Balaban J connectivity index is 1.90. The normalized spacial score (nSPS) is 12.2. The number of hydrogen-bond donors (Lipinski definition) is 1. The molecular formula is C20H22FN3OS. The van der Waals surface area contributed by atoms with Crippen LogP contribution in [0.4, 0.5) is 4.39 Å². The first-order valence-corrected chi connectivity index (χ1v) is 9.44. The van der Waals surface area contributed by atoms with E-state index >= 15 is 0 Å². The lowest BCUT2D eigenvalue weighted by Crippen LogP contribution is -2.30. The number of hydrogen-bond acceptors (Lipinski definition) is 3. The summed E-state index contributed by atoms with van der Waals surface area (Å²) in [6.07, 6.45) is 5.53. The number of amides is 1. The Morgan fingerprint density at radius 1 is 1.35 bits per heavy atom. The van der Waals surface area contributed by atoms with Crippen molar-refractivity contribution in [3.8, 4) is 0 Å². The summed E-state index contributed by atoms with van der Waals surface area (Å²) in [7, 11) is 1.87. The predicted octanol–water partition coefficient (Wildman–Crippen LogP) is 4.40. The van der Waals surface area contributed by atoms with Crippen LogP contribution in [0.3, 0.4) is 0 Å². The molecule has 1 aromatic carbocycles. The highest BCUT2D eigenvalue weighted by molar-refractivity contribution is 7.14. The average molecular weight is 371 g/mol. The maximum atomic E-state index is 13.3. The van der Waals surface area contributed by atoms with Gasteiger partial charge in [-0.15, -0.1) is 11.3 Å². The van der Waals surface area contributed by atoms with Crippen LogP contribution >= 0.6 is 11.3 Å². The average Bonchev–Trinajstić information content (AvgIpc) is 3.20. The van der Waals surface area contributed by atoms with Gasteiger partial charge in [-0.3, -0.25) is 4.79 Å². The first kappa shape index (κ1) is 18.3. The summed E-state index contributed by atoms with van der Waals surface area (Å²) in [6.45, 7) is 4.17. The van der Waals surface area contributed by atoms with Crippen LogP contribution in [0, 0.1) is 12.7 Å². The number of carbonyl (C=O) groups is 1. The second kappa shape index (κ2) is 7.83. The summed E-state index contributed by atoms with van der Waals surface area (Å²) in [5.41, 5.74) is 2.01. The van der Waals surface area contributed by atoms with Gasteiger partial charge in [-0.25, -0.2) is 9.37 Å². The van der Waals surface area contributed by atoms with E-state index in [-0.39, 0.29) is 11.7 Å². The molecule has 1 atom stereocenters. The largest absolute Gasteiger partial charge is 0.337 e. The van der Waals surface area contributed by atoms with Gasteiger partial charge in [0.1, 0.15) is 17.7 Å². The maximum Gasteiger partial charge on any atom is 0.262 e. The van der Waals surface area contributed by atoms with Crippen LogP contribution in [0.25, 0.3) is 0 Å². The van der Waals surface area contributed by atoms with Crippen LogP contribution in [0.2, 0.25) is 0 Å². The molecule has 1 amide bonds. The van der Waals surface area contributed by atoms with Crippen molar-refractivity contribution in [2.24, 2.45) is 7.05 Å². The van der Waals surface area contributed by atoms with Crippen molar-refractivity contribution in [2.45, 2.75) is 32.7 Å². The third kappa shape index (κ3) is 3.85. The molecule has 0 saturated heterocycles. The van der Waals surface area contributed by atoms with Gasteiger partial charge in [0.2, 0.25) is 0 Å². The highest BCUT2D eigenvalue weighted by atomic mass is 32.1. The molecule has 1 unspecified atom stereocenters. The first-order chi connectivity index (χ1) is 12.5. The number of halogens is 1. The first-order valence-electron chi connectivity index (χ1n) is 8.62. The Morgan fingerprint density at radius 3 is 2.69 bits per heavy atom. The molecule has 4 nitrogen and oxygen atoms in total. The van der Waals surface area contributed by atoms with Crippen LogP contribution in [0.5, 0.6) is 0 Å². The van der Waals surface area contributed by atoms with E-state index in [1.165, 1.54) is 33.9 Å². The third-order valence-corrected chi connectivity index (χ3v) is 5.45. The summed E-state index contributed by atoms with van der Waals surface area (Å²) in [5.74, 6) is 0.251. The van der Waals surface area contributed by atoms with Gasteiger partial charge in [0.25, 0.3) is 5.91 Å². The SMILES string of the molecule is CCCc1cc(C(=O)NC(c2ccc(F)cc2)c2nccn2C)sc1C. The van der Waals surface area contributed by atoms with Crippen LogP contribution in [0.15, 0.2) is 42.7 Å². The summed E-state index contributed by atoms with van der Waals surface area (Å²) in [5, 5.41) is 3.06. The van der Waals surface area contributed by atoms with E-state index in [2.05, 4.69) is 17.2 Å². The fourth-order valence-corrected chi connectivity index (χ4v) is 3.93. The quantitative estimate of drug-likeness (QED) is 0.698. The number of rotatable bonds is 6.